The van der Waals surface area contributed by atoms with Gasteiger partial charge in [0.25, 0.3) is 0 Å². The zero-order valence-corrected chi connectivity index (χ0v) is 11.8. The Bertz CT molecular complexity index is 453. The summed E-state index contributed by atoms with van der Waals surface area (Å²) in [5.74, 6) is 0. The number of amides is 1. The van der Waals surface area contributed by atoms with E-state index in [-0.39, 0.29) is 6.09 Å². The minimum absolute atomic E-state index is 0.337. The summed E-state index contributed by atoms with van der Waals surface area (Å²) < 4.78 is 5.45. The summed E-state index contributed by atoms with van der Waals surface area (Å²) in [6, 6.07) is 9.75. The second-order valence-corrected chi connectivity index (χ2v) is 6.03. The number of carbonyl (C=O) groups is 1. The van der Waals surface area contributed by atoms with Gasteiger partial charge in [-0.05, 0) is 39.2 Å². The van der Waals surface area contributed by atoms with Gasteiger partial charge in [0.15, 0.2) is 0 Å². The van der Waals surface area contributed by atoms with Crippen molar-refractivity contribution < 1.29 is 9.53 Å². The van der Waals surface area contributed by atoms with Gasteiger partial charge in [-0.3, -0.25) is 4.90 Å². The number of hydrogen-bond donors (Lipinski definition) is 1. The summed E-state index contributed by atoms with van der Waals surface area (Å²) >= 11 is 0. The Morgan fingerprint density at radius 2 is 1.95 bits per heavy atom. The fourth-order valence-corrected chi connectivity index (χ4v) is 2.44. The first-order chi connectivity index (χ1) is 8.83. The zero-order valence-electron chi connectivity index (χ0n) is 11.8. The molecule has 104 valence electrons. The van der Waals surface area contributed by atoms with Crippen LogP contribution < -0.4 is 5.73 Å². The van der Waals surface area contributed by atoms with E-state index >= 15 is 0 Å². The number of rotatable bonds is 1. The van der Waals surface area contributed by atoms with Crippen LogP contribution in [-0.2, 0) is 10.4 Å². The largest absolute Gasteiger partial charge is 0.444 e. The van der Waals surface area contributed by atoms with Gasteiger partial charge in [0.05, 0.1) is 0 Å². The van der Waals surface area contributed by atoms with E-state index in [1.165, 1.54) is 0 Å². The van der Waals surface area contributed by atoms with Crippen molar-refractivity contribution in [3.63, 3.8) is 0 Å². The molecule has 0 spiro atoms. The van der Waals surface area contributed by atoms with Gasteiger partial charge in [0.2, 0.25) is 0 Å². The molecule has 1 fully saturated rings. The number of ether oxygens (including phenoxy) is 1. The molecule has 1 saturated heterocycles. The Morgan fingerprint density at radius 3 is 2.53 bits per heavy atom. The van der Waals surface area contributed by atoms with Crippen molar-refractivity contribution in [3.05, 3.63) is 35.9 Å². The molecule has 0 aromatic heterocycles. The van der Waals surface area contributed by atoms with E-state index < -0.39 is 11.3 Å². The minimum Gasteiger partial charge on any atom is -0.444 e. The van der Waals surface area contributed by atoms with Crippen LogP contribution in [0.3, 0.4) is 0 Å². The highest BCUT2D eigenvalue weighted by Crippen LogP contribution is 2.34. The molecule has 1 unspecified atom stereocenters. The molecule has 2 N–H and O–H groups in total. The maximum Gasteiger partial charge on any atom is 0.412 e. The summed E-state index contributed by atoms with van der Waals surface area (Å²) in [4.78, 5) is 13.9. The van der Waals surface area contributed by atoms with Crippen LogP contribution >= 0.6 is 0 Å². The Balaban J connectivity index is 2.24. The highest BCUT2D eigenvalue weighted by atomic mass is 16.6. The molecule has 1 aliphatic rings. The third kappa shape index (κ3) is 2.89. The summed E-state index contributed by atoms with van der Waals surface area (Å²) in [6.45, 7) is 6.23. The molecule has 0 radical (unpaired) electrons. The molecule has 1 heterocycles. The number of likely N-dealkylation sites (tertiary alicyclic amines) is 1. The lowest BCUT2D eigenvalue weighted by Crippen LogP contribution is -2.52. The van der Waals surface area contributed by atoms with Crippen LogP contribution in [0.1, 0.15) is 39.2 Å². The van der Waals surface area contributed by atoms with E-state index in [2.05, 4.69) is 0 Å². The molecule has 4 nitrogen and oxygen atoms in total. The number of hydrogen-bond acceptors (Lipinski definition) is 3. The van der Waals surface area contributed by atoms with Crippen molar-refractivity contribution >= 4 is 6.09 Å². The van der Waals surface area contributed by atoms with Crippen molar-refractivity contribution in [3.8, 4) is 0 Å². The van der Waals surface area contributed by atoms with Crippen molar-refractivity contribution in [2.45, 2.75) is 44.9 Å². The number of nitrogens with two attached hydrogens (primary N) is 1. The molecule has 0 aliphatic carbocycles. The minimum atomic E-state index is -0.746. The van der Waals surface area contributed by atoms with Crippen LogP contribution in [-0.4, -0.2) is 23.1 Å². The lowest BCUT2D eigenvalue weighted by molar-refractivity contribution is 0.00786. The van der Waals surface area contributed by atoms with Crippen LogP contribution in [0.4, 0.5) is 4.79 Å². The first-order valence-corrected chi connectivity index (χ1v) is 6.68. The SMILES string of the molecule is CC(C)(C)OC(=O)N1CCCC1(N)c1ccccc1. The standard InChI is InChI=1S/C15H22N2O2/c1-14(2,3)19-13(18)17-11-7-10-15(17,16)12-8-5-4-6-9-12/h4-6,8-9H,7,10-11,16H2,1-3H3. The molecular formula is C15H22N2O2. The van der Waals surface area contributed by atoms with Gasteiger partial charge in [-0.1, -0.05) is 30.3 Å². The average molecular weight is 262 g/mol. The summed E-state index contributed by atoms with van der Waals surface area (Å²) in [6.07, 6.45) is 1.32. The van der Waals surface area contributed by atoms with Gasteiger partial charge in [-0.15, -0.1) is 0 Å². The molecule has 0 saturated carbocycles. The van der Waals surface area contributed by atoms with E-state index in [4.69, 9.17) is 10.5 Å². The highest BCUT2D eigenvalue weighted by Gasteiger charge is 2.43. The Kier molecular flexibility index (Phi) is 3.54. The van der Waals surface area contributed by atoms with Crippen LogP contribution in [0.25, 0.3) is 0 Å². The lowest BCUT2D eigenvalue weighted by Gasteiger charge is -2.36. The Hall–Kier alpha value is -1.55. The number of benzene rings is 1. The summed E-state index contributed by atoms with van der Waals surface area (Å²) in [5.41, 5.74) is 6.18. The first kappa shape index (κ1) is 13.9. The number of nitrogens with zero attached hydrogens (tertiary/aromatic N) is 1. The molecule has 19 heavy (non-hydrogen) atoms. The molecule has 2 rings (SSSR count). The molecule has 0 bridgehead atoms. The van der Waals surface area contributed by atoms with Crippen molar-refractivity contribution in [2.24, 2.45) is 5.73 Å². The third-order valence-electron chi connectivity index (χ3n) is 3.31. The Morgan fingerprint density at radius 1 is 1.32 bits per heavy atom. The second-order valence-electron chi connectivity index (χ2n) is 6.03. The van der Waals surface area contributed by atoms with E-state index in [1.807, 2.05) is 51.1 Å². The van der Waals surface area contributed by atoms with E-state index in [1.54, 1.807) is 4.90 Å². The predicted molar refractivity (Wildman–Crippen MR) is 74.5 cm³/mol. The lowest BCUT2D eigenvalue weighted by atomic mass is 9.98. The van der Waals surface area contributed by atoms with E-state index in [0.717, 1.165) is 18.4 Å². The fraction of sp³-hybridized carbons (Fsp3) is 0.533. The van der Waals surface area contributed by atoms with Gasteiger partial charge in [-0.2, -0.15) is 0 Å². The van der Waals surface area contributed by atoms with Crippen LogP contribution in [0.5, 0.6) is 0 Å². The second kappa shape index (κ2) is 4.85. The summed E-state index contributed by atoms with van der Waals surface area (Å²) in [5, 5.41) is 0. The topological polar surface area (TPSA) is 55.6 Å². The van der Waals surface area contributed by atoms with Crippen molar-refractivity contribution in [1.82, 2.24) is 4.90 Å². The van der Waals surface area contributed by atoms with Crippen molar-refractivity contribution in [1.29, 1.82) is 0 Å². The Labute approximate surface area is 114 Å². The van der Waals surface area contributed by atoms with Crippen LogP contribution in [0, 0.1) is 0 Å². The smallest absolute Gasteiger partial charge is 0.412 e. The van der Waals surface area contributed by atoms with Crippen molar-refractivity contribution in [2.75, 3.05) is 6.54 Å². The molecule has 1 aromatic rings. The highest BCUT2D eigenvalue weighted by molar-refractivity contribution is 5.70. The molecular weight excluding hydrogens is 240 g/mol. The van der Waals surface area contributed by atoms with E-state index in [9.17, 15) is 4.79 Å². The van der Waals surface area contributed by atoms with Gasteiger partial charge in [-0.25, -0.2) is 4.79 Å². The quantitative estimate of drug-likeness (QED) is 0.846. The van der Waals surface area contributed by atoms with Gasteiger partial charge in [0.1, 0.15) is 11.3 Å². The van der Waals surface area contributed by atoms with E-state index in [0.29, 0.717) is 6.54 Å². The monoisotopic (exact) mass is 262 g/mol. The maximum absolute atomic E-state index is 12.3. The van der Waals surface area contributed by atoms with Crippen LogP contribution in [0.15, 0.2) is 30.3 Å². The van der Waals surface area contributed by atoms with Gasteiger partial charge in [0, 0.05) is 6.54 Å². The summed E-state index contributed by atoms with van der Waals surface area (Å²) in [7, 11) is 0. The molecule has 1 amide bonds. The normalized spacial score (nSPS) is 23.5. The number of carbonyl (C=O) groups excluding carboxylic acids is 1. The molecule has 4 heteroatoms. The molecule has 1 aliphatic heterocycles. The van der Waals surface area contributed by atoms with Gasteiger partial charge >= 0.3 is 6.09 Å². The molecule has 1 atom stereocenters. The molecule has 1 aromatic carbocycles. The van der Waals surface area contributed by atoms with Gasteiger partial charge < -0.3 is 10.5 Å². The van der Waals surface area contributed by atoms with Crippen LogP contribution in [0.2, 0.25) is 0 Å². The maximum atomic E-state index is 12.3. The third-order valence-corrected chi connectivity index (χ3v) is 3.31. The first-order valence-electron chi connectivity index (χ1n) is 6.68. The average Bonchev–Trinajstić information content (AvgIpc) is 2.72. The zero-order chi connectivity index (χ0) is 14.1. The predicted octanol–water partition coefficient (Wildman–Crippen LogP) is 2.83. The fourth-order valence-electron chi connectivity index (χ4n) is 2.44.